The number of rotatable bonds is 6. The molecule has 0 aliphatic carbocycles. The van der Waals surface area contributed by atoms with Gasteiger partial charge in [0, 0.05) is 38.2 Å². The van der Waals surface area contributed by atoms with Crippen molar-refractivity contribution in [1.82, 2.24) is 15.5 Å². The predicted molar refractivity (Wildman–Crippen MR) is 121 cm³/mol. The van der Waals surface area contributed by atoms with E-state index in [1.807, 2.05) is 61.5 Å². The maximum absolute atomic E-state index is 12.8. The van der Waals surface area contributed by atoms with Crippen LogP contribution in [0.3, 0.4) is 0 Å². The zero-order valence-corrected chi connectivity index (χ0v) is 18.1. The molecule has 2 aromatic carbocycles. The zero-order valence-electron chi connectivity index (χ0n) is 18.1. The van der Waals surface area contributed by atoms with Crippen LogP contribution >= 0.6 is 0 Å². The molecule has 3 rings (SSSR count). The van der Waals surface area contributed by atoms with Crippen molar-refractivity contribution >= 4 is 23.5 Å². The summed E-state index contributed by atoms with van der Waals surface area (Å²) in [5.41, 5.74) is 2.89. The van der Waals surface area contributed by atoms with Gasteiger partial charge in [-0.15, -0.1) is 0 Å². The largest absolute Gasteiger partial charge is 0.351 e. The van der Waals surface area contributed by atoms with Crippen LogP contribution in [-0.4, -0.2) is 47.9 Å². The second-order valence-corrected chi connectivity index (χ2v) is 8.01. The van der Waals surface area contributed by atoms with Gasteiger partial charge in [-0.25, -0.2) is 4.79 Å². The van der Waals surface area contributed by atoms with E-state index >= 15 is 0 Å². The Kier molecular flexibility index (Phi) is 7.65. The van der Waals surface area contributed by atoms with Crippen LogP contribution in [0.4, 0.5) is 10.5 Å². The molecule has 2 aromatic rings. The maximum atomic E-state index is 12.8. The Balaban J connectivity index is 1.50. The minimum absolute atomic E-state index is 0.0250. The van der Waals surface area contributed by atoms with Crippen LogP contribution in [0.2, 0.25) is 0 Å². The van der Waals surface area contributed by atoms with Crippen molar-refractivity contribution in [3.63, 3.8) is 0 Å². The first-order valence-corrected chi connectivity index (χ1v) is 10.6. The lowest BCUT2D eigenvalue weighted by molar-refractivity contribution is -0.128. The molecule has 0 bridgehead atoms. The molecule has 4 amide bonds. The van der Waals surface area contributed by atoms with Crippen molar-refractivity contribution in [2.24, 2.45) is 0 Å². The summed E-state index contributed by atoms with van der Waals surface area (Å²) in [6, 6.07) is 16.5. The fourth-order valence-corrected chi connectivity index (χ4v) is 3.67. The number of benzene rings is 2. The molecule has 1 heterocycles. The van der Waals surface area contributed by atoms with Gasteiger partial charge in [0.15, 0.2) is 0 Å². The second kappa shape index (κ2) is 10.6. The maximum Gasteiger partial charge on any atom is 0.321 e. The SMILES string of the molecule is CC(=O)N[C@@H](Cc1ccccc1)C(=O)NC1CCN(C(=O)Nc2ccc(C)cc2)CC1. The molecule has 1 aliphatic heterocycles. The first kappa shape index (κ1) is 22.3. The van der Waals surface area contributed by atoms with Crippen LogP contribution in [0.1, 0.15) is 30.9 Å². The molecule has 1 aliphatic rings. The van der Waals surface area contributed by atoms with Crippen molar-refractivity contribution in [1.29, 1.82) is 0 Å². The molecule has 7 nitrogen and oxygen atoms in total. The van der Waals surface area contributed by atoms with Crippen molar-refractivity contribution in [2.45, 2.75) is 45.2 Å². The van der Waals surface area contributed by atoms with Crippen LogP contribution < -0.4 is 16.0 Å². The number of hydrogen-bond acceptors (Lipinski definition) is 3. The lowest BCUT2D eigenvalue weighted by Gasteiger charge is -2.33. The minimum atomic E-state index is -0.622. The summed E-state index contributed by atoms with van der Waals surface area (Å²) >= 11 is 0. The summed E-state index contributed by atoms with van der Waals surface area (Å²) in [7, 11) is 0. The van der Waals surface area contributed by atoms with Crippen molar-refractivity contribution in [3.05, 3.63) is 65.7 Å². The number of carbonyl (C=O) groups is 3. The standard InChI is InChI=1S/C24H30N4O3/c1-17-8-10-20(11-9-17)27-24(31)28-14-12-21(13-15-28)26-23(30)22(25-18(2)29)16-19-6-4-3-5-7-19/h3-11,21-22H,12-16H2,1-2H3,(H,25,29)(H,26,30)(H,27,31)/t22-/m0/s1. The Morgan fingerprint density at radius 3 is 2.26 bits per heavy atom. The Morgan fingerprint density at radius 1 is 1.00 bits per heavy atom. The molecule has 0 aromatic heterocycles. The number of nitrogens with zero attached hydrogens (tertiary/aromatic N) is 1. The average molecular weight is 423 g/mol. The molecule has 7 heteroatoms. The summed E-state index contributed by atoms with van der Waals surface area (Å²) in [6.07, 6.45) is 1.78. The number of amides is 4. The van der Waals surface area contributed by atoms with Gasteiger partial charge in [0.25, 0.3) is 0 Å². The van der Waals surface area contributed by atoms with Gasteiger partial charge in [-0.3, -0.25) is 9.59 Å². The van der Waals surface area contributed by atoms with Gasteiger partial charge in [0.05, 0.1) is 0 Å². The van der Waals surface area contributed by atoms with Crippen LogP contribution in [0.25, 0.3) is 0 Å². The van der Waals surface area contributed by atoms with Crippen molar-refractivity contribution in [2.75, 3.05) is 18.4 Å². The van der Waals surface area contributed by atoms with E-state index in [2.05, 4.69) is 16.0 Å². The fourth-order valence-electron chi connectivity index (χ4n) is 3.67. The highest BCUT2D eigenvalue weighted by molar-refractivity contribution is 5.89. The van der Waals surface area contributed by atoms with E-state index in [4.69, 9.17) is 0 Å². The normalized spacial score (nSPS) is 15.1. The van der Waals surface area contributed by atoms with E-state index in [0.717, 1.165) is 16.8 Å². The van der Waals surface area contributed by atoms with Gasteiger partial charge < -0.3 is 20.9 Å². The fraction of sp³-hybridized carbons (Fsp3) is 0.375. The summed E-state index contributed by atoms with van der Waals surface area (Å²) in [5.74, 6) is -0.430. The first-order chi connectivity index (χ1) is 14.9. The third-order valence-corrected chi connectivity index (χ3v) is 5.41. The molecule has 1 fully saturated rings. The Hall–Kier alpha value is -3.35. The third kappa shape index (κ3) is 6.84. The highest BCUT2D eigenvalue weighted by Gasteiger charge is 2.27. The average Bonchev–Trinajstić information content (AvgIpc) is 2.76. The molecule has 0 unspecified atom stereocenters. The van der Waals surface area contributed by atoms with Gasteiger partial charge in [0.1, 0.15) is 6.04 Å². The van der Waals surface area contributed by atoms with Gasteiger partial charge in [-0.2, -0.15) is 0 Å². The smallest absolute Gasteiger partial charge is 0.321 e. The van der Waals surface area contributed by atoms with Crippen molar-refractivity contribution in [3.8, 4) is 0 Å². The van der Waals surface area contributed by atoms with Crippen LogP contribution in [0.15, 0.2) is 54.6 Å². The van der Waals surface area contributed by atoms with Gasteiger partial charge >= 0.3 is 6.03 Å². The number of likely N-dealkylation sites (tertiary alicyclic amines) is 1. The minimum Gasteiger partial charge on any atom is -0.351 e. The Morgan fingerprint density at radius 2 is 1.65 bits per heavy atom. The topological polar surface area (TPSA) is 90.5 Å². The Labute approximate surface area is 183 Å². The van der Waals surface area contributed by atoms with Gasteiger partial charge in [-0.1, -0.05) is 48.0 Å². The van der Waals surface area contributed by atoms with E-state index in [9.17, 15) is 14.4 Å². The van der Waals surface area contributed by atoms with Crippen molar-refractivity contribution < 1.29 is 14.4 Å². The molecule has 164 valence electrons. The van der Waals surface area contributed by atoms with E-state index in [0.29, 0.717) is 32.4 Å². The monoisotopic (exact) mass is 422 g/mol. The van der Waals surface area contributed by atoms with Crippen LogP contribution in [0.5, 0.6) is 0 Å². The third-order valence-electron chi connectivity index (χ3n) is 5.41. The van der Waals surface area contributed by atoms with Crippen LogP contribution in [-0.2, 0) is 16.0 Å². The lowest BCUT2D eigenvalue weighted by atomic mass is 10.0. The van der Waals surface area contributed by atoms with Crippen LogP contribution in [0, 0.1) is 6.92 Å². The molecule has 1 atom stereocenters. The molecule has 3 N–H and O–H groups in total. The predicted octanol–water partition coefficient (Wildman–Crippen LogP) is 2.85. The van der Waals surface area contributed by atoms with Gasteiger partial charge in [-0.05, 0) is 37.5 Å². The van der Waals surface area contributed by atoms with Gasteiger partial charge in [0.2, 0.25) is 11.8 Å². The van der Waals surface area contributed by atoms with E-state index in [-0.39, 0.29) is 23.9 Å². The number of anilines is 1. The van der Waals surface area contributed by atoms with E-state index in [1.165, 1.54) is 6.92 Å². The van der Waals surface area contributed by atoms with E-state index in [1.54, 1.807) is 4.90 Å². The van der Waals surface area contributed by atoms with E-state index < -0.39 is 6.04 Å². The zero-order chi connectivity index (χ0) is 22.2. The number of hydrogen-bond donors (Lipinski definition) is 3. The molecule has 1 saturated heterocycles. The second-order valence-electron chi connectivity index (χ2n) is 8.01. The molecule has 31 heavy (non-hydrogen) atoms. The summed E-state index contributed by atoms with van der Waals surface area (Å²) in [5, 5.41) is 8.71. The molecule has 0 saturated carbocycles. The summed E-state index contributed by atoms with van der Waals surface area (Å²) < 4.78 is 0. The highest BCUT2D eigenvalue weighted by Crippen LogP contribution is 2.15. The summed E-state index contributed by atoms with van der Waals surface area (Å²) in [4.78, 5) is 38.7. The molecule has 0 radical (unpaired) electrons. The summed E-state index contributed by atoms with van der Waals surface area (Å²) in [6.45, 7) is 4.54. The molecular formula is C24H30N4O3. The highest BCUT2D eigenvalue weighted by atomic mass is 16.2. The number of piperidine rings is 1. The molecule has 0 spiro atoms. The quantitative estimate of drug-likeness (QED) is 0.669. The first-order valence-electron chi connectivity index (χ1n) is 10.6. The Bertz CT molecular complexity index is 891. The lowest BCUT2D eigenvalue weighted by Crippen LogP contribution is -2.53. The molecular weight excluding hydrogens is 392 g/mol. The number of nitrogens with one attached hydrogen (secondary N) is 3. The number of carbonyl (C=O) groups excluding carboxylic acids is 3. The number of aryl methyl sites for hydroxylation is 1. The number of urea groups is 1.